The minimum absolute atomic E-state index is 0.116. The number of pyridine rings is 1. The maximum Gasteiger partial charge on any atom is 0.303 e. The number of hydrogen-bond donors (Lipinski definition) is 1. The molecular weight excluding hydrogens is 466 g/mol. The van der Waals surface area contributed by atoms with E-state index in [0.29, 0.717) is 36.1 Å². The Balaban J connectivity index is 0.00000298. The Morgan fingerprint density at radius 2 is 1.91 bits per heavy atom. The lowest BCUT2D eigenvalue weighted by atomic mass is 10.0. The third-order valence-electron chi connectivity index (χ3n) is 4.81. The number of hydrogen-bond acceptors (Lipinski definition) is 5. The van der Waals surface area contributed by atoms with Gasteiger partial charge in [-0.2, -0.15) is 0 Å². The van der Waals surface area contributed by atoms with Gasteiger partial charge in [0.15, 0.2) is 5.75 Å². The number of halogens is 1. The Labute approximate surface area is 214 Å². The Morgan fingerprint density at radius 1 is 1.17 bits per heavy atom. The van der Waals surface area contributed by atoms with Gasteiger partial charge in [0.05, 0.1) is 11.6 Å². The number of aliphatic carboxylic acids is 1. The highest BCUT2D eigenvalue weighted by Gasteiger charge is 2.14. The lowest BCUT2D eigenvalue weighted by molar-refractivity contribution is -0.136. The number of benzene rings is 1. The molecule has 192 valence electrons. The van der Waals surface area contributed by atoms with Gasteiger partial charge in [-0.05, 0) is 63.5 Å². The molecule has 7 heteroatoms. The second-order valence-electron chi connectivity index (χ2n) is 7.74. The number of carboxylic acids is 1. The van der Waals surface area contributed by atoms with E-state index in [9.17, 15) is 4.79 Å². The standard InChI is InChI=1S/C26H32ClNO5.C2H6/c1-5-6-7-8-19(3)32-24-16-22(27)17-28-26(24)33-20(4)13-14-31-23-11-9-21(18(2)15-23)10-12-25(29)30;1-2/h5-9,11,15-17,19-20H,10,12-14H2,1-4H3,(H,29,30);1-2H3/b6-5-,8-7-;/t19?,20-;/m1./s1. The summed E-state index contributed by atoms with van der Waals surface area (Å²) in [5, 5.41) is 9.32. The lowest BCUT2D eigenvalue weighted by Crippen LogP contribution is -2.18. The van der Waals surface area contributed by atoms with Crippen molar-refractivity contribution in [3.8, 4) is 17.4 Å². The van der Waals surface area contributed by atoms with Crippen LogP contribution in [0.3, 0.4) is 0 Å². The van der Waals surface area contributed by atoms with Gasteiger partial charge in [-0.25, -0.2) is 4.98 Å². The topological polar surface area (TPSA) is 77.9 Å². The molecule has 2 rings (SSSR count). The summed E-state index contributed by atoms with van der Waals surface area (Å²) < 4.78 is 17.8. The number of carboxylic acid groups (broad SMARTS) is 1. The Hall–Kier alpha value is -2.99. The molecule has 0 bridgehead atoms. The molecule has 0 spiro atoms. The average molecular weight is 504 g/mol. The molecule has 2 atom stereocenters. The van der Waals surface area contributed by atoms with E-state index >= 15 is 0 Å². The largest absolute Gasteiger partial charge is 0.493 e. The molecule has 0 aliphatic carbocycles. The van der Waals surface area contributed by atoms with Crippen LogP contribution in [0.25, 0.3) is 0 Å². The second kappa shape index (κ2) is 16.6. The monoisotopic (exact) mass is 503 g/mol. The number of aromatic nitrogens is 1. The van der Waals surface area contributed by atoms with Crippen molar-refractivity contribution >= 4 is 17.6 Å². The van der Waals surface area contributed by atoms with Crippen LogP contribution in [0.5, 0.6) is 17.4 Å². The number of allylic oxidation sites excluding steroid dienone is 3. The van der Waals surface area contributed by atoms with Gasteiger partial charge in [-0.3, -0.25) is 4.79 Å². The smallest absolute Gasteiger partial charge is 0.303 e. The first kappa shape index (κ1) is 30.0. The predicted octanol–water partition coefficient (Wildman–Crippen LogP) is 7.22. The zero-order valence-electron chi connectivity index (χ0n) is 21.6. The van der Waals surface area contributed by atoms with Crippen LogP contribution < -0.4 is 14.2 Å². The maximum atomic E-state index is 10.8. The Kier molecular flexibility index (Phi) is 14.3. The molecule has 1 unspecified atom stereocenters. The van der Waals surface area contributed by atoms with E-state index in [0.717, 1.165) is 16.9 Å². The fraction of sp³-hybridized carbons (Fsp3) is 0.429. The quantitative estimate of drug-likeness (QED) is 0.291. The molecule has 2 aromatic rings. The lowest BCUT2D eigenvalue weighted by Gasteiger charge is -2.19. The van der Waals surface area contributed by atoms with Crippen molar-refractivity contribution in [2.24, 2.45) is 0 Å². The van der Waals surface area contributed by atoms with Gasteiger partial charge >= 0.3 is 5.97 Å². The summed E-state index contributed by atoms with van der Waals surface area (Å²) >= 11 is 6.10. The number of rotatable bonds is 13. The van der Waals surface area contributed by atoms with Gasteiger partial charge in [0.2, 0.25) is 0 Å². The molecule has 0 saturated carbocycles. The fourth-order valence-corrected chi connectivity index (χ4v) is 3.17. The van der Waals surface area contributed by atoms with Gasteiger partial charge in [-0.15, -0.1) is 0 Å². The van der Waals surface area contributed by atoms with Crippen molar-refractivity contribution in [2.75, 3.05) is 6.61 Å². The second-order valence-corrected chi connectivity index (χ2v) is 8.17. The number of aryl methyl sites for hydroxylation is 2. The van der Waals surface area contributed by atoms with Crippen LogP contribution in [-0.4, -0.2) is 34.9 Å². The van der Waals surface area contributed by atoms with Crippen LogP contribution in [0.15, 0.2) is 54.8 Å². The molecule has 0 fully saturated rings. The average Bonchev–Trinajstić information content (AvgIpc) is 2.81. The highest BCUT2D eigenvalue weighted by Crippen LogP contribution is 2.30. The van der Waals surface area contributed by atoms with Gasteiger partial charge < -0.3 is 19.3 Å². The molecule has 35 heavy (non-hydrogen) atoms. The van der Waals surface area contributed by atoms with Crippen molar-refractivity contribution in [1.82, 2.24) is 4.98 Å². The SMILES string of the molecule is C/C=C\C=C/C(C)Oc1cc(Cl)cnc1O[C@H](C)CCOc1ccc(CCC(=O)O)c(C)c1.CC. The first-order valence-electron chi connectivity index (χ1n) is 12.0. The van der Waals surface area contributed by atoms with Crippen LogP contribution in [0.1, 0.15) is 58.6 Å². The molecule has 0 aliphatic rings. The molecule has 0 aliphatic heterocycles. The summed E-state index contributed by atoms with van der Waals surface area (Å²) in [5.74, 6) is 0.818. The highest BCUT2D eigenvalue weighted by molar-refractivity contribution is 6.30. The Morgan fingerprint density at radius 3 is 2.57 bits per heavy atom. The van der Waals surface area contributed by atoms with E-state index in [1.54, 1.807) is 6.07 Å². The number of nitrogens with zero attached hydrogens (tertiary/aromatic N) is 1. The predicted molar refractivity (Wildman–Crippen MR) is 142 cm³/mol. The summed E-state index contributed by atoms with van der Waals surface area (Å²) in [6.07, 6.45) is 10.2. The van der Waals surface area contributed by atoms with Crippen LogP contribution >= 0.6 is 11.6 Å². The molecule has 6 nitrogen and oxygen atoms in total. The van der Waals surface area contributed by atoms with Crippen molar-refractivity contribution in [3.05, 3.63) is 70.9 Å². The van der Waals surface area contributed by atoms with E-state index < -0.39 is 5.97 Å². The molecule has 0 amide bonds. The molecule has 0 saturated heterocycles. The summed E-state index contributed by atoms with van der Waals surface area (Å²) in [4.78, 5) is 15.1. The molecule has 0 radical (unpaired) electrons. The van der Waals surface area contributed by atoms with Gasteiger partial charge in [-0.1, -0.05) is 49.7 Å². The van der Waals surface area contributed by atoms with Gasteiger partial charge in [0.1, 0.15) is 18.0 Å². The van der Waals surface area contributed by atoms with Crippen molar-refractivity contribution in [2.45, 2.75) is 73.0 Å². The maximum absolute atomic E-state index is 10.8. The summed E-state index contributed by atoms with van der Waals surface area (Å²) in [5.41, 5.74) is 2.03. The van der Waals surface area contributed by atoms with Gasteiger partial charge in [0, 0.05) is 25.1 Å². The summed E-state index contributed by atoms with van der Waals surface area (Å²) in [6.45, 7) is 12.2. The third kappa shape index (κ3) is 11.8. The molecule has 1 heterocycles. The van der Waals surface area contributed by atoms with E-state index in [2.05, 4.69) is 4.98 Å². The van der Waals surface area contributed by atoms with Crippen molar-refractivity contribution in [1.29, 1.82) is 0 Å². The number of ether oxygens (including phenoxy) is 3. The van der Waals surface area contributed by atoms with Crippen LogP contribution in [0, 0.1) is 6.92 Å². The normalized spacial score (nSPS) is 12.7. The van der Waals surface area contributed by atoms with Gasteiger partial charge in [0.25, 0.3) is 5.88 Å². The van der Waals surface area contributed by atoms with E-state index in [1.165, 1.54) is 6.20 Å². The van der Waals surface area contributed by atoms with E-state index in [1.807, 2.05) is 84.0 Å². The zero-order valence-corrected chi connectivity index (χ0v) is 22.3. The number of carbonyl (C=O) groups is 1. The third-order valence-corrected chi connectivity index (χ3v) is 5.02. The molecule has 1 N–H and O–H groups in total. The molecular formula is C28H38ClNO5. The Bertz CT molecular complexity index is 974. The minimum atomic E-state index is -0.799. The first-order chi connectivity index (χ1) is 16.8. The highest BCUT2D eigenvalue weighted by atomic mass is 35.5. The van der Waals surface area contributed by atoms with Crippen LogP contribution in [0.2, 0.25) is 5.02 Å². The first-order valence-corrected chi connectivity index (χ1v) is 12.4. The zero-order chi connectivity index (χ0) is 26.2. The van der Waals surface area contributed by atoms with Crippen molar-refractivity contribution < 1.29 is 24.1 Å². The fourth-order valence-electron chi connectivity index (χ4n) is 3.02. The van der Waals surface area contributed by atoms with Crippen molar-refractivity contribution in [3.63, 3.8) is 0 Å². The molecule has 1 aromatic carbocycles. The summed E-state index contributed by atoms with van der Waals surface area (Å²) in [7, 11) is 0. The minimum Gasteiger partial charge on any atom is -0.493 e. The van der Waals surface area contributed by atoms with E-state index in [-0.39, 0.29) is 18.6 Å². The molecule has 1 aromatic heterocycles. The van der Waals surface area contributed by atoms with Crippen LogP contribution in [-0.2, 0) is 11.2 Å². The van der Waals surface area contributed by atoms with E-state index in [4.69, 9.17) is 30.9 Å². The summed E-state index contributed by atoms with van der Waals surface area (Å²) in [6, 6.07) is 7.41. The van der Waals surface area contributed by atoms with Crippen LogP contribution in [0.4, 0.5) is 0 Å².